The van der Waals surface area contributed by atoms with Crippen molar-refractivity contribution in [3.63, 3.8) is 0 Å². The van der Waals surface area contributed by atoms with Crippen molar-refractivity contribution in [2.24, 2.45) is 0 Å². The van der Waals surface area contributed by atoms with Crippen LogP contribution >= 0.6 is 7.37 Å². The molecule has 7 heteroatoms. The number of hydrogen-bond acceptors (Lipinski definition) is 5. The van der Waals surface area contributed by atoms with Crippen molar-refractivity contribution in [2.45, 2.75) is 72.5 Å². The molecule has 0 aliphatic carbocycles. The zero-order valence-corrected chi connectivity index (χ0v) is 22.8. The number of rotatable bonds is 13. The van der Waals surface area contributed by atoms with Gasteiger partial charge in [0.25, 0.3) is 7.37 Å². The summed E-state index contributed by atoms with van der Waals surface area (Å²) >= 11 is 0. The highest BCUT2D eigenvalue weighted by molar-refractivity contribution is 7.58. The van der Waals surface area contributed by atoms with Gasteiger partial charge < -0.3 is 23.8 Å². The number of methoxy groups -OCH3 is 1. The standard InChI is InChI=1S/C27H41O6P/c1-9-32-27(7,33-10-2)34(28,29)17-23-13-20(5)25(21(6)14-23)16-22-11-12-26(31-18-30-8)24(15-22)19(3)4/h11-15,19H,9-10,16-18H2,1-8H3,(H,28,29). The topological polar surface area (TPSA) is 74.2 Å². The van der Waals surface area contributed by atoms with Gasteiger partial charge in [-0.15, -0.1) is 0 Å². The van der Waals surface area contributed by atoms with E-state index in [1.165, 1.54) is 11.1 Å². The second-order valence-electron chi connectivity index (χ2n) is 9.09. The van der Waals surface area contributed by atoms with Crippen LogP contribution in [0.3, 0.4) is 0 Å². The zero-order valence-electron chi connectivity index (χ0n) is 21.9. The van der Waals surface area contributed by atoms with Crippen LogP contribution in [-0.4, -0.2) is 37.5 Å². The Labute approximate surface area is 205 Å². The highest BCUT2D eigenvalue weighted by atomic mass is 31.2. The summed E-state index contributed by atoms with van der Waals surface area (Å²) in [4.78, 5) is 10.9. The monoisotopic (exact) mass is 492 g/mol. The quantitative estimate of drug-likeness (QED) is 0.254. The Morgan fingerprint density at radius 1 is 1.00 bits per heavy atom. The van der Waals surface area contributed by atoms with Gasteiger partial charge in [-0.05, 0) is 86.4 Å². The summed E-state index contributed by atoms with van der Waals surface area (Å²) in [6.45, 7) is 14.4. The van der Waals surface area contributed by atoms with E-state index in [1.807, 2.05) is 18.2 Å². The lowest BCUT2D eigenvalue weighted by Gasteiger charge is -2.33. The third-order valence-electron chi connectivity index (χ3n) is 6.02. The molecule has 6 nitrogen and oxygen atoms in total. The average molecular weight is 493 g/mol. The lowest BCUT2D eigenvalue weighted by atomic mass is 9.92. The molecule has 1 atom stereocenters. The first-order chi connectivity index (χ1) is 16.0. The van der Waals surface area contributed by atoms with Crippen molar-refractivity contribution in [1.29, 1.82) is 0 Å². The van der Waals surface area contributed by atoms with Gasteiger partial charge in [0.15, 0.2) is 6.79 Å². The van der Waals surface area contributed by atoms with Crippen LogP contribution in [0.15, 0.2) is 30.3 Å². The van der Waals surface area contributed by atoms with Gasteiger partial charge in [0, 0.05) is 20.3 Å². The van der Waals surface area contributed by atoms with Gasteiger partial charge in [-0.3, -0.25) is 4.57 Å². The Bertz CT molecular complexity index is 972. The SMILES string of the molecule is CCOC(C)(OCC)P(=O)(O)Cc1cc(C)c(Cc2ccc(OCOC)c(C(C)C)c2)c(C)c1. The van der Waals surface area contributed by atoms with Crippen LogP contribution < -0.4 is 4.74 Å². The van der Waals surface area contributed by atoms with E-state index in [9.17, 15) is 9.46 Å². The summed E-state index contributed by atoms with van der Waals surface area (Å²) in [5.74, 6) is 1.16. The molecule has 1 N–H and O–H groups in total. The molecule has 0 bridgehead atoms. The Morgan fingerprint density at radius 3 is 2.09 bits per heavy atom. The number of aryl methyl sites for hydroxylation is 2. The molecule has 0 radical (unpaired) electrons. The Kier molecular flexibility index (Phi) is 10.3. The first kappa shape index (κ1) is 28.5. The Hall–Kier alpha value is -1.69. The van der Waals surface area contributed by atoms with Gasteiger partial charge in [0.2, 0.25) is 5.53 Å². The molecule has 2 rings (SSSR count). The molecule has 2 aromatic carbocycles. The average Bonchev–Trinajstić information content (AvgIpc) is 2.75. The van der Waals surface area contributed by atoms with E-state index in [-0.39, 0.29) is 13.0 Å². The summed E-state index contributed by atoms with van der Waals surface area (Å²) in [5, 5.41) is 0. The molecular formula is C27H41O6P. The maximum atomic E-state index is 13.3. The van der Waals surface area contributed by atoms with Crippen LogP contribution in [0.5, 0.6) is 5.75 Å². The fourth-order valence-corrected chi connectivity index (χ4v) is 5.87. The summed E-state index contributed by atoms with van der Waals surface area (Å²) in [6.07, 6.45) is 0.767. The minimum atomic E-state index is -3.79. The molecule has 0 aliphatic heterocycles. The fraction of sp³-hybridized carbons (Fsp3) is 0.556. The van der Waals surface area contributed by atoms with Gasteiger partial charge in [-0.25, -0.2) is 0 Å². The number of hydrogen-bond donors (Lipinski definition) is 1. The third kappa shape index (κ3) is 6.93. The van der Waals surface area contributed by atoms with Crippen molar-refractivity contribution in [2.75, 3.05) is 27.1 Å². The van der Waals surface area contributed by atoms with Gasteiger partial charge in [0.1, 0.15) is 5.75 Å². The fourth-order valence-electron chi connectivity index (χ4n) is 4.24. The summed E-state index contributed by atoms with van der Waals surface area (Å²) in [7, 11) is -2.18. The van der Waals surface area contributed by atoms with Gasteiger partial charge in [0.05, 0.1) is 6.16 Å². The first-order valence-corrected chi connectivity index (χ1v) is 13.8. The summed E-state index contributed by atoms with van der Waals surface area (Å²) in [6, 6.07) is 10.3. The maximum Gasteiger partial charge on any atom is 0.262 e. The predicted octanol–water partition coefficient (Wildman–Crippen LogP) is 6.52. The van der Waals surface area contributed by atoms with Crippen LogP contribution in [-0.2, 0) is 31.4 Å². The minimum absolute atomic E-state index is 0.00546. The van der Waals surface area contributed by atoms with Gasteiger partial charge in [-0.2, -0.15) is 0 Å². The smallest absolute Gasteiger partial charge is 0.262 e. The molecule has 0 fully saturated rings. The van der Waals surface area contributed by atoms with Crippen molar-refractivity contribution < 1.29 is 28.4 Å². The third-order valence-corrected chi connectivity index (χ3v) is 8.34. The minimum Gasteiger partial charge on any atom is -0.467 e. The largest absolute Gasteiger partial charge is 0.467 e. The molecule has 34 heavy (non-hydrogen) atoms. The first-order valence-electron chi connectivity index (χ1n) is 11.9. The molecule has 0 amide bonds. The predicted molar refractivity (Wildman–Crippen MR) is 137 cm³/mol. The molecule has 2 aromatic rings. The van der Waals surface area contributed by atoms with Crippen molar-refractivity contribution in [3.8, 4) is 5.75 Å². The molecule has 0 saturated carbocycles. The van der Waals surface area contributed by atoms with Crippen molar-refractivity contribution in [3.05, 3.63) is 63.7 Å². The van der Waals surface area contributed by atoms with Crippen LogP contribution in [0.2, 0.25) is 0 Å². The summed E-state index contributed by atoms with van der Waals surface area (Å²) < 4.78 is 35.2. The molecule has 0 heterocycles. The Balaban J connectivity index is 2.31. The molecule has 190 valence electrons. The highest BCUT2D eigenvalue weighted by Gasteiger charge is 2.45. The van der Waals surface area contributed by atoms with E-state index in [2.05, 4.69) is 39.8 Å². The van der Waals surface area contributed by atoms with E-state index in [4.69, 9.17) is 18.9 Å². The van der Waals surface area contributed by atoms with Crippen molar-refractivity contribution >= 4 is 7.37 Å². The second kappa shape index (κ2) is 12.3. The molecule has 1 unspecified atom stereocenters. The van der Waals surface area contributed by atoms with E-state index < -0.39 is 12.9 Å². The normalized spacial score (nSPS) is 13.8. The Morgan fingerprint density at radius 2 is 1.59 bits per heavy atom. The van der Waals surface area contributed by atoms with Crippen LogP contribution in [0.4, 0.5) is 0 Å². The molecule has 0 aromatic heterocycles. The van der Waals surface area contributed by atoms with Crippen molar-refractivity contribution in [1.82, 2.24) is 0 Å². The van der Waals surface area contributed by atoms with E-state index >= 15 is 0 Å². The molecule has 0 aliphatic rings. The molecule has 0 spiro atoms. The maximum absolute atomic E-state index is 13.3. The number of benzene rings is 2. The van der Waals surface area contributed by atoms with Gasteiger partial charge in [-0.1, -0.05) is 38.1 Å². The van der Waals surface area contributed by atoms with E-state index in [1.54, 1.807) is 27.9 Å². The molecule has 0 saturated heterocycles. The van der Waals surface area contributed by atoms with Gasteiger partial charge >= 0.3 is 0 Å². The van der Waals surface area contributed by atoms with E-state index in [0.717, 1.165) is 34.4 Å². The van der Waals surface area contributed by atoms with Crippen LogP contribution in [0, 0.1) is 13.8 Å². The molecular weight excluding hydrogens is 451 g/mol. The second-order valence-corrected chi connectivity index (χ2v) is 11.6. The lowest BCUT2D eigenvalue weighted by molar-refractivity contribution is -0.166. The summed E-state index contributed by atoms with van der Waals surface area (Å²) in [5.41, 5.74) is 5.03. The zero-order chi connectivity index (χ0) is 25.5. The lowest BCUT2D eigenvalue weighted by Crippen LogP contribution is -2.33. The van der Waals surface area contributed by atoms with E-state index in [0.29, 0.717) is 19.1 Å². The van der Waals surface area contributed by atoms with Crippen LogP contribution in [0.1, 0.15) is 73.9 Å². The highest BCUT2D eigenvalue weighted by Crippen LogP contribution is 2.58. The van der Waals surface area contributed by atoms with Crippen LogP contribution in [0.25, 0.3) is 0 Å². The number of ether oxygens (including phenoxy) is 4.